The van der Waals surface area contributed by atoms with Crippen LogP contribution in [0.15, 0.2) is 18.6 Å². The Hall–Kier alpha value is -1.44. The van der Waals surface area contributed by atoms with Gasteiger partial charge in [0.05, 0.1) is 5.39 Å². The van der Waals surface area contributed by atoms with Gasteiger partial charge in [-0.25, -0.2) is 9.97 Å². The standard InChI is InChI=1S/C18H31N5OSi/c1-12-13(9-18(2,3)25(4,5)24)8-14(10-20-12)23-17-15-6-7-19-16(15)21-11-22-17/h6-7,11-14,20,24H,8-10H2,1-5H3,(H2,19,21,22,23)/t12-,13?,14+/m0/s1. The fourth-order valence-electron chi connectivity index (χ4n) is 3.60. The first-order chi connectivity index (χ1) is 11.7. The highest BCUT2D eigenvalue weighted by Crippen LogP contribution is 2.43. The van der Waals surface area contributed by atoms with Gasteiger partial charge < -0.3 is 20.4 Å². The molecule has 3 heterocycles. The van der Waals surface area contributed by atoms with E-state index < -0.39 is 8.32 Å². The van der Waals surface area contributed by atoms with Crippen molar-refractivity contribution in [2.45, 2.75) is 63.8 Å². The van der Waals surface area contributed by atoms with Gasteiger partial charge in [-0.05, 0) is 49.9 Å². The van der Waals surface area contributed by atoms with Crippen LogP contribution in [0.1, 0.15) is 33.6 Å². The van der Waals surface area contributed by atoms with Gasteiger partial charge in [0.2, 0.25) is 0 Å². The van der Waals surface area contributed by atoms with Crippen molar-refractivity contribution in [1.82, 2.24) is 20.3 Å². The summed E-state index contributed by atoms with van der Waals surface area (Å²) in [5.74, 6) is 1.42. The molecule has 6 nitrogen and oxygen atoms in total. The minimum atomic E-state index is -2.19. The first-order valence-corrected chi connectivity index (χ1v) is 12.1. The van der Waals surface area contributed by atoms with Crippen molar-refractivity contribution in [2.75, 3.05) is 11.9 Å². The van der Waals surface area contributed by atoms with Crippen LogP contribution < -0.4 is 10.6 Å². The molecule has 2 aromatic rings. The third-order valence-electron chi connectivity index (χ3n) is 6.10. The van der Waals surface area contributed by atoms with E-state index in [4.69, 9.17) is 0 Å². The Morgan fingerprint density at radius 2 is 2.12 bits per heavy atom. The molecule has 1 saturated heterocycles. The maximum absolute atomic E-state index is 10.6. The summed E-state index contributed by atoms with van der Waals surface area (Å²) in [6.07, 6.45) is 5.61. The van der Waals surface area contributed by atoms with Gasteiger partial charge in [-0.3, -0.25) is 0 Å². The van der Waals surface area contributed by atoms with E-state index in [1.807, 2.05) is 25.4 Å². The third kappa shape index (κ3) is 3.88. The van der Waals surface area contributed by atoms with Gasteiger partial charge in [-0.2, -0.15) is 0 Å². The molecule has 4 N–H and O–H groups in total. The molecule has 0 radical (unpaired) electrons. The number of fused-ring (bicyclic) bond motifs is 1. The van der Waals surface area contributed by atoms with Gasteiger partial charge in [-0.1, -0.05) is 13.8 Å². The van der Waals surface area contributed by atoms with Crippen LogP contribution in [0.3, 0.4) is 0 Å². The predicted molar refractivity (Wildman–Crippen MR) is 105 cm³/mol. The number of hydrogen-bond donors (Lipinski definition) is 4. The summed E-state index contributed by atoms with van der Waals surface area (Å²) in [7, 11) is -2.19. The van der Waals surface area contributed by atoms with Crippen molar-refractivity contribution in [3.8, 4) is 0 Å². The largest absolute Gasteiger partial charge is 0.432 e. The van der Waals surface area contributed by atoms with Crippen molar-refractivity contribution in [3.63, 3.8) is 0 Å². The lowest BCUT2D eigenvalue weighted by molar-refractivity contribution is 0.238. The van der Waals surface area contributed by atoms with E-state index in [1.54, 1.807) is 6.33 Å². The molecule has 0 bridgehead atoms. The number of anilines is 1. The molecule has 7 heteroatoms. The zero-order chi connectivity index (χ0) is 18.2. The minimum absolute atomic E-state index is 0.00167. The Morgan fingerprint density at radius 1 is 1.36 bits per heavy atom. The monoisotopic (exact) mass is 361 g/mol. The van der Waals surface area contributed by atoms with Crippen molar-refractivity contribution >= 4 is 25.2 Å². The van der Waals surface area contributed by atoms with Crippen LogP contribution in [-0.2, 0) is 0 Å². The third-order valence-corrected chi connectivity index (χ3v) is 9.62. The zero-order valence-electron chi connectivity index (χ0n) is 15.9. The van der Waals surface area contributed by atoms with Gasteiger partial charge in [0.15, 0.2) is 8.32 Å². The average molecular weight is 362 g/mol. The number of aromatic amines is 1. The lowest BCUT2D eigenvalue weighted by atomic mass is 9.82. The number of hydrogen-bond acceptors (Lipinski definition) is 5. The Labute approximate surface area is 151 Å². The summed E-state index contributed by atoms with van der Waals surface area (Å²) >= 11 is 0. The summed E-state index contributed by atoms with van der Waals surface area (Å²) in [6, 6.07) is 2.80. The van der Waals surface area contributed by atoms with Crippen molar-refractivity contribution < 1.29 is 4.80 Å². The second-order valence-corrected chi connectivity index (χ2v) is 13.1. The van der Waals surface area contributed by atoms with Gasteiger partial charge in [0.25, 0.3) is 0 Å². The average Bonchev–Trinajstić information content (AvgIpc) is 2.99. The lowest BCUT2D eigenvalue weighted by Crippen LogP contribution is -2.51. The van der Waals surface area contributed by atoms with E-state index in [0.29, 0.717) is 18.0 Å². The van der Waals surface area contributed by atoms with E-state index in [9.17, 15) is 4.80 Å². The second-order valence-electron chi connectivity index (χ2n) is 8.64. The van der Waals surface area contributed by atoms with E-state index in [-0.39, 0.29) is 5.04 Å². The Balaban J connectivity index is 1.71. The molecule has 3 rings (SSSR count). The molecule has 1 unspecified atom stereocenters. The quantitative estimate of drug-likeness (QED) is 0.615. The molecule has 3 atom stereocenters. The molecular formula is C18H31N5OSi. The predicted octanol–water partition coefficient (Wildman–Crippen LogP) is 3.10. The molecule has 0 spiro atoms. The molecule has 25 heavy (non-hydrogen) atoms. The molecule has 0 aliphatic carbocycles. The summed E-state index contributed by atoms with van der Waals surface area (Å²) in [5, 5.41) is 8.27. The molecule has 138 valence electrons. The fourth-order valence-corrected chi connectivity index (χ4v) is 4.37. The summed E-state index contributed by atoms with van der Waals surface area (Å²) in [4.78, 5) is 22.5. The number of piperidine rings is 1. The van der Waals surface area contributed by atoms with Gasteiger partial charge in [-0.15, -0.1) is 0 Å². The summed E-state index contributed by atoms with van der Waals surface area (Å²) < 4.78 is 0. The first-order valence-electron chi connectivity index (χ1n) is 9.18. The maximum atomic E-state index is 10.6. The maximum Gasteiger partial charge on any atom is 0.188 e. The van der Waals surface area contributed by atoms with Crippen LogP contribution in [0.5, 0.6) is 0 Å². The molecule has 1 fully saturated rings. The van der Waals surface area contributed by atoms with E-state index in [2.05, 4.69) is 46.4 Å². The lowest BCUT2D eigenvalue weighted by Gasteiger charge is -2.43. The summed E-state index contributed by atoms with van der Waals surface area (Å²) in [5.41, 5.74) is 0.861. The van der Waals surface area contributed by atoms with Crippen molar-refractivity contribution in [1.29, 1.82) is 0 Å². The van der Waals surface area contributed by atoms with Crippen LogP contribution in [0, 0.1) is 5.92 Å². The van der Waals surface area contributed by atoms with E-state index in [1.165, 1.54) is 0 Å². The van der Waals surface area contributed by atoms with E-state index >= 15 is 0 Å². The van der Waals surface area contributed by atoms with Crippen LogP contribution in [0.4, 0.5) is 5.82 Å². The number of nitrogens with zero attached hydrogens (tertiary/aromatic N) is 2. The van der Waals surface area contributed by atoms with Crippen LogP contribution >= 0.6 is 0 Å². The van der Waals surface area contributed by atoms with Crippen LogP contribution in [-0.4, -0.2) is 46.7 Å². The molecule has 0 amide bonds. The SMILES string of the molecule is C[C@@H]1NC[C@H](Nc2ncnc3[nH]ccc23)CC1CC(C)(C)[Si](C)(C)O. The van der Waals surface area contributed by atoms with Gasteiger partial charge in [0.1, 0.15) is 17.8 Å². The molecule has 0 saturated carbocycles. The molecule has 1 aliphatic rings. The Kier molecular flexibility index (Phi) is 4.92. The molecule has 0 aromatic carbocycles. The number of aromatic nitrogens is 3. The molecule has 1 aliphatic heterocycles. The highest BCUT2D eigenvalue weighted by molar-refractivity contribution is 6.72. The minimum Gasteiger partial charge on any atom is -0.432 e. The number of nitrogens with one attached hydrogen (secondary N) is 3. The smallest absolute Gasteiger partial charge is 0.188 e. The number of rotatable bonds is 5. The Bertz CT molecular complexity index is 724. The molecular weight excluding hydrogens is 330 g/mol. The fraction of sp³-hybridized carbons (Fsp3) is 0.667. The second kappa shape index (κ2) is 6.70. The highest BCUT2D eigenvalue weighted by Gasteiger charge is 2.41. The van der Waals surface area contributed by atoms with Crippen LogP contribution in [0.25, 0.3) is 11.0 Å². The van der Waals surface area contributed by atoms with Crippen molar-refractivity contribution in [3.05, 3.63) is 18.6 Å². The molecule has 2 aromatic heterocycles. The van der Waals surface area contributed by atoms with E-state index in [0.717, 1.165) is 36.2 Å². The van der Waals surface area contributed by atoms with Gasteiger partial charge in [0, 0.05) is 24.8 Å². The van der Waals surface area contributed by atoms with Crippen molar-refractivity contribution in [2.24, 2.45) is 5.92 Å². The Morgan fingerprint density at radius 3 is 2.84 bits per heavy atom. The first kappa shape index (κ1) is 18.4. The van der Waals surface area contributed by atoms with Crippen LogP contribution in [0.2, 0.25) is 18.1 Å². The number of H-pyrrole nitrogens is 1. The van der Waals surface area contributed by atoms with Gasteiger partial charge >= 0.3 is 0 Å². The summed E-state index contributed by atoms with van der Waals surface area (Å²) in [6.45, 7) is 11.7. The highest BCUT2D eigenvalue weighted by atomic mass is 28.4. The normalized spacial score (nSPS) is 25.3. The zero-order valence-corrected chi connectivity index (χ0v) is 16.9. The topological polar surface area (TPSA) is 85.9 Å².